The molecule has 2 nitrogen and oxygen atoms in total. The number of fused-ring (bicyclic) bond motifs is 1. The van der Waals surface area contributed by atoms with E-state index in [0.29, 0.717) is 6.10 Å². The molecule has 3 aliphatic rings. The summed E-state index contributed by atoms with van der Waals surface area (Å²) in [5, 5.41) is 10.0. The van der Waals surface area contributed by atoms with Crippen molar-refractivity contribution < 1.29 is 9.84 Å². The first-order valence-electron chi connectivity index (χ1n) is 5.68. The van der Waals surface area contributed by atoms with Crippen molar-refractivity contribution in [1.29, 1.82) is 0 Å². The Balaban J connectivity index is 1.94. The molecule has 0 radical (unpaired) electrons. The highest BCUT2D eigenvalue weighted by Crippen LogP contribution is 2.56. The highest BCUT2D eigenvalue weighted by molar-refractivity contribution is 5.18. The summed E-state index contributed by atoms with van der Waals surface area (Å²) in [6, 6.07) is 0. The standard InChI is InChI=1S/C12H18O2/c1-11-6-3-2-4-10-12(8-11,14-10)9(13)5-7-11/h3,6,9-10,13H,2,4-5,7-8H2,1H3/b6-3-/t9-,10+,11-,12+/m1/s1. The zero-order chi connectivity index (χ0) is 9.81. The fourth-order valence-corrected chi connectivity index (χ4v) is 3.29. The molecule has 1 heterocycles. The molecule has 1 aliphatic heterocycles. The average Bonchev–Trinajstić information content (AvgIpc) is 2.79. The lowest BCUT2D eigenvalue weighted by Gasteiger charge is -2.38. The topological polar surface area (TPSA) is 32.8 Å². The summed E-state index contributed by atoms with van der Waals surface area (Å²) in [7, 11) is 0. The van der Waals surface area contributed by atoms with Gasteiger partial charge in [-0.2, -0.15) is 0 Å². The van der Waals surface area contributed by atoms with Crippen LogP contribution < -0.4 is 0 Å². The summed E-state index contributed by atoms with van der Waals surface area (Å²) in [4.78, 5) is 0. The number of aliphatic hydroxyl groups excluding tert-OH is 1. The smallest absolute Gasteiger partial charge is 0.121 e. The van der Waals surface area contributed by atoms with Crippen LogP contribution in [-0.2, 0) is 4.74 Å². The number of allylic oxidation sites excluding steroid dienone is 2. The van der Waals surface area contributed by atoms with E-state index in [1.165, 1.54) is 0 Å². The van der Waals surface area contributed by atoms with Crippen LogP contribution in [0.25, 0.3) is 0 Å². The van der Waals surface area contributed by atoms with Crippen LogP contribution in [0, 0.1) is 5.41 Å². The molecule has 1 N–H and O–H groups in total. The molecule has 0 amide bonds. The number of ether oxygens (including phenoxy) is 1. The maximum atomic E-state index is 10.0. The summed E-state index contributed by atoms with van der Waals surface area (Å²) in [6.07, 6.45) is 9.97. The van der Waals surface area contributed by atoms with Crippen molar-refractivity contribution in [1.82, 2.24) is 0 Å². The molecule has 3 rings (SSSR count). The van der Waals surface area contributed by atoms with E-state index < -0.39 is 0 Å². The lowest BCUT2D eigenvalue weighted by atomic mass is 9.67. The van der Waals surface area contributed by atoms with Crippen LogP contribution >= 0.6 is 0 Å². The minimum atomic E-state index is -0.216. The molecular formula is C12H18O2. The molecule has 78 valence electrons. The van der Waals surface area contributed by atoms with Crippen molar-refractivity contribution in [3.63, 3.8) is 0 Å². The third kappa shape index (κ3) is 1.10. The minimum Gasteiger partial charge on any atom is -0.390 e. The van der Waals surface area contributed by atoms with Gasteiger partial charge in [-0.15, -0.1) is 0 Å². The Kier molecular flexibility index (Phi) is 1.67. The summed E-state index contributed by atoms with van der Waals surface area (Å²) < 4.78 is 5.78. The van der Waals surface area contributed by atoms with E-state index in [0.717, 1.165) is 32.1 Å². The van der Waals surface area contributed by atoms with Gasteiger partial charge in [0.15, 0.2) is 0 Å². The monoisotopic (exact) mass is 194 g/mol. The van der Waals surface area contributed by atoms with Gasteiger partial charge in [-0.25, -0.2) is 0 Å². The van der Waals surface area contributed by atoms with Crippen molar-refractivity contribution in [2.24, 2.45) is 5.41 Å². The fraction of sp³-hybridized carbons (Fsp3) is 0.833. The van der Waals surface area contributed by atoms with E-state index >= 15 is 0 Å². The van der Waals surface area contributed by atoms with Crippen molar-refractivity contribution in [3.8, 4) is 0 Å². The Morgan fingerprint density at radius 1 is 1.43 bits per heavy atom. The summed E-state index contributed by atoms with van der Waals surface area (Å²) in [6.45, 7) is 2.29. The molecule has 2 fully saturated rings. The van der Waals surface area contributed by atoms with Gasteiger partial charge in [0.05, 0.1) is 12.2 Å². The maximum absolute atomic E-state index is 10.0. The fourth-order valence-electron chi connectivity index (χ4n) is 3.29. The SMILES string of the molecule is C[C@]12/C=C\CC[C@@H]3O[C@@]3(C1)[C@H](O)CC2. The van der Waals surface area contributed by atoms with E-state index in [1.807, 2.05) is 0 Å². The Hall–Kier alpha value is -0.340. The Labute approximate surface area is 85.0 Å². The third-order valence-corrected chi connectivity index (χ3v) is 4.20. The molecule has 0 aromatic rings. The van der Waals surface area contributed by atoms with Crippen LogP contribution in [0.1, 0.15) is 39.0 Å². The van der Waals surface area contributed by atoms with E-state index in [1.54, 1.807) is 0 Å². The maximum Gasteiger partial charge on any atom is 0.121 e. The van der Waals surface area contributed by atoms with E-state index in [9.17, 15) is 5.11 Å². The summed E-state index contributed by atoms with van der Waals surface area (Å²) in [5.74, 6) is 0. The number of rotatable bonds is 0. The average molecular weight is 194 g/mol. The lowest BCUT2D eigenvalue weighted by Crippen LogP contribution is -2.43. The Morgan fingerprint density at radius 3 is 3.14 bits per heavy atom. The van der Waals surface area contributed by atoms with Crippen LogP contribution in [0.3, 0.4) is 0 Å². The zero-order valence-electron chi connectivity index (χ0n) is 8.70. The zero-order valence-corrected chi connectivity index (χ0v) is 8.70. The highest BCUT2D eigenvalue weighted by atomic mass is 16.6. The van der Waals surface area contributed by atoms with Gasteiger partial charge >= 0.3 is 0 Å². The predicted molar refractivity (Wildman–Crippen MR) is 53.9 cm³/mol. The Morgan fingerprint density at radius 2 is 2.29 bits per heavy atom. The number of aliphatic hydroxyl groups is 1. The van der Waals surface area contributed by atoms with Gasteiger partial charge in [0, 0.05) is 0 Å². The highest BCUT2D eigenvalue weighted by Gasteiger charge is 2.64. The predicted octanol–water partition coefficient (Wildman–Crippen LogP) is 2.03. The van der Waals surface area contributed by atoms with Crippen molar-refractivity contribution in [3.05, 3.63) is 12.2 Å². The van der Waals surface area contributed by atoms with Crippen LogP contribution in [0.5, 0.6) is 0 Å². The number of hydrogen-bond donors (Lipinski definition) is 1. The van der Waals surface area contributed by atoms with Gasteiger partial charge in [-0.05, 0) is 37.5 Å². The van der Waals surface area contributed by atoms with Crippen LogP contribution in [0.15, 0.2) is 12.2 Å². The molecule has 0 aromatic carbocycles. The molecule has 1 saturated carbocycles. The molecule has 2 aliphatic carbocycles. The second kappa shape index (κ2) is 2.61. The van der Waals surface area contributed by atoms with E-state index in [-0.39, 0.29) is 17.1 Å². The van der Waals surface area contributed by atoms with Gasteiger partial charge in [0.1, 0.15) is 5.60 Å². The Bertz CT molecular complexity index is 286. The van der Waals surface area contributed by atoms with Crippen LogP contribution in [0.2, 0.25) is 0 Å². The summed E-state index contributed by atoms with van der Waals surface area (Å²) >= 11 is 0. The van der Waals surface area contributed by atoms with Gasteiger partial charge in [0.2, 0.25) is 0 Å². The molecule has 1 saturated heterocycles. The molecule has 2 heteroatoms. The van der Waals surface area contributed by atoms with Gasteiger partial charge in [0.25, 0.3) is 0 Å². The molecule has 0 unspecified atom stereocenters. The van der Waals surface area contributed by atoms with Gasteiger partial charge < -0.3 is 9.84 Å². The second-order valence-corrected chi connectivity index (χ2v) is 5.43. The third-order valence-electron chi connectivity index (χ3n) is 4.20. The molecule has 0 aromatic heterocycles. The number of hydrogen-bond acceptors (Lipinski definition) is 2. The van der Waals surface area contributed by atoms with Crippen molar-refractivity contribution >= 4 is 0 Å². The molecular weight excluding hydrogens is 176 g/mol. The first kappa shape index (κ1) is 8.93. The first-order valence-corrected chi connectivity index (χ1v) is 5.68. The quantitative estimate of drug-likeness (QED) is 0.472. The molecule has 14 heavy (non-hydrogen) atoms. The van der Waals surface area contributed by atoms with Crippen molar-refractivity contribution in [2.45, 2.75) is 56.8 Å². The summed E-state index contributed by atoms with van der Waals surface area (Å²) in [5.41, 5.74) is 0.117. The second-order valence-electron chi connectivity index (χ2n) is 5.43. The van der Waals surface area contributed by atoms with E-state index in [4.69, 9.17) is 4.74 Å². The number of epoxide rings is 1. The lowest BCUT2D eigenvalue weighted by molar-refractivity contribution is 0.00609. The molecule has 1 spiro atoms. The normalized spacial score (nSPS) is 58.1. The first-order chi connectivity index (χ1) is 6.65. The van der Waals surface area contributed by atoms with Crippen LogP contribution in [0.4, 0.5) is 0 Å². The minimum absolute atomic E-state index is 0.155. The van der Waals surface area contributed by atoms with Gasteiger partial charge in [-0.1, -0.05) is 19.1 Å². The van der Waals surface area contributed by atoms with Crippen LogP contribution in [-0.4, -0.2) is 22.9 Å². The van der Waals surface area contributed by atoms with Gasteiger partial charge in [-0.3, -0.25) is 0 Å². The molecule has 2 bridgehead atoms. The largest absolute Gasteiger partial charge is 0.390 e. The molecule has 4 atom stereocenters. The van der Waals surface area contributed by atoms with Crippen molar-refractivity contribution in [2.75, 3.05) is 0 Å². The van der Waals surface area contributed by atoms with E-state index in [2.05, 4.69) is 19.1 Å².